The predicted octanol–water partition coefficient (Wildman–Crippen LogP) is 3.51. The Morgan fingerprint density at radius 1 is 1.04 bits per heavy atom. The number of ether oxygens (including phenoxy) is 1. The molecule has 2 N–H and O–H groups in total. The molecule has 5 nitrogen and oxygen atoms in total. The van der Waals surface area contributed by atoms with Crippen molar-refractivity contribution in [2.24, 2.45) is 5.92 Å². The van der Waals surface area contributed by atoms with Gasteiger partial charge < -0.3 is 15.4 Å². The largest absolute Gasteiger partial charge is 0.456 e. The minimum atomic E-state index is -1.54. The number of benzene rings is 2. The highest BCUT2D eigenvalue weighted by atomic mass is 19.1. The van der Waals surface area contributed by atoms with Crippen LogP contribution in [-0.2, 0) is 16.1 Å². The van der Waals surface area contributed by atoms with E-state index in [4.69, 9.17) is 4.74 Å². The van der Waals surface area contributed by atoms with Crippen molar-refractivity contribution >= 4 is 11.8 Å². The second-order valence-electron chi connectivity index (χ2n) is 6.63. The topological polar surface area (TPSA) is 67.4 Å². The Hall–Kier alpha value is -2.89. The highest BCUT2D eigenvalue weighted by molar-refractivity contribution is 5.87. The van der Waals surface area contributed by atoms with Crippen LogP contribution in [0.1, 0.15) is 38.3 Å². The molecular weight excluding hydrogens is 347 g/mol. The van der Waals surface area contributed by atoms with Gasteiger partial charge in [0, 0.05) is 19.0 Å². The Bertz CT molecular complexity index is 748. The van der Waals surface area contributed by atoms with E-state index < -0.39 is 12.4 Å². The van der Waals surface area contributed by atoms with Crippen molar-refractivity contribution in [2.75, 3.05) is 0 Å². The summed E-state index contributed by atoms with van der Waals surface area (Å²) in [6.07, 6.45) is -1.54. The van der Waals surface area contributed by atoms with Gasteiger partial charge in [0.25, 0.3) is 6.36 Å². The van der Waals surface area contributed by atoms with Crippen LogP contribution >= 0.6 is 0 Å². The van der Waals surface area contributed by atoms with E-state index in [-0.39, 0.29) is 17.7 Å². The molecule has 144 valence electrons. The monoisotopic (exact) mass is 372 g/mol. The van der Waals surface area contributed by atoms with Gasteiger partial charge in [0.2, 0.25) is 11.8 Å². The number of amides is 2. The number of alkyl halides is 1. The molecule has 0 saturated carbocycles. The molecular formula is C21H25FN2O3. The maximum atomic E-state index is 14.1. The van der Waals surface area contributed by atoms with E-state index in [0.29, 0.717) is 17.9 Å². The summed E-state index contributed by atoms with van der Waals surface area (Å²) in [5.41, 5.74) is 1.29. The van der Waals surface area contributed by atoms with E-state index in [2.05, 4.69) is 10.6 Å². The van der Waals surface area contributed by atoms with Crippen LogP contribution in [-0.4, -0.2) is 17.9 Å². The zero-order valence-corrected chi connectivity index (χ0v) is 15.7. The van der Waals surface area contributed by atoms with Crippen molar-refractivity contribution in [2.45, 2.75) is 39.7 Å². The van der Waals surface area contributed by atoms with Gasteiger partial charge >= 0.3 is 0 Å². The molecule has 2 rings (SSSR count). The van der Waals surface area contributed by atoms with E-state index in [1.165, 1.54) is 6.92 Å². The fraction of sp³-hybridized carbons (Fsp3) is 0.333. The number of nitrogens with one attached hydrogen (secondary N) is 2. The third kappa shape index (κ3) is 6.40. The number of hydrogen-bond acceptors (Lipinski definition) is 3. The highest BCUT2D eigenvalue weighted by Gasteiger charge is 2.22. The molecule has 0 aliphatic heterocycles. The van der Waals surface area contributed by atoms with Crippen molar-refractivity contribution in [1.82, 2.24) is 10.6 Å². The van der Waals surface area contributed by atoms with E-state index in [1.807, 2.05) is 19.9 Å². The quantitative estimate of drug-likeness (QED) is 0.745. The smallest absolute Gasteiger partial charge is 0.264 e. The maximum absolute atomic E-state index is 14.1. The summed E-state index contributed by atoms with van der Waals surface area (Å²) in [5, 5.41) is 5.45. The predicted molar refractivity (Wildman–Crippen MR) is 102 cm³/mol. The lowest BCUT2D eigenvalue weighted by Crippen LogP contribution is -2.48. The molecule has 0 saturated heterocycles. The number of carbonyl (C=O) groups is 2. The summed E-state index contributed by atoms with van der Waals surface area (Å²) in [6, 6.07) is 14.9. The number of rotatable bonds is 8. The van der Waals surface area contributed by atoms with Gasteiger partial charge in [-0.3, -0.25) is 9.59 Å². The second kappa shape index (κ2) is 9.71. The fourth-order valence-corrected chi connectivity index (χ4v) is 2.53. The van der Waals surface area contributed by atoms with E-state index in [1.54, 1.807) is 48.5 Å². The highest BCUT2D eigenvalue weighted by Crippen LogP contribution is 2.23. The fourth-order valence-electron chi connectivity index (χ4n) is 2.53. The van der Waals surface area contributed by atoms with Gasteiger partial charge in [-0.25, -0.2) is 0 Å². The third-order valence-electron chi connectivity index (χ3n) is 4.00. The standard InChI is InChI=1S/C21H25FN2O3/c1-14(2)19(24-15(3)25)21(26)23-13-16-9-11-18(12-10-16)27-20(22)17-7-5-4-6-8-17/h4-12,14,19-20H,13H2,1-3H3,(H,23,26)(H,24,25). The summed E-state index contributed by atoms with van der Waals surface area (Å²) in [6.45, 7) is 5.42. The Morgan fingerprint density at radius 2 is 1.67 bits per heavy atom. The molecule has 2 aromatic carbocycles. The molecule has 27 heavy (non-hydrogen) atoms. The van der Waals surface area contributed by atoms with Crippen molar-refractivity contribution in [3.05, 3.63) is 65.7 Å². The number of hydrogen-bond donors (Lipinski definition) is 2. The first-order valence-corrected chi connectivity index (χ1v) is 8.86. The molecule has 0 radical (unpaired) electrons. The zero-order chi connectivity index (χ0) is 19.8. The van der Waals surface area contributed by atoms with Crippen LogP contribution in [0.5, 0.6) is 5.75 Å². The maximum Gasteiger partial charge on any atom is 0.264 e. The van der Waals surface area contributed by atoms with Crippen molar-refractivity contribution in [3.8, 4) is 5.75 Å². The lowest BCUT2D eigenvalue weighted by Gasteiger charge is -2.21. The minimum Gasteiger partial charge on any atom is -0.456 e. The van der Waals surface area contributed by atoms with Crippen molar-refractivity contribution < 1.29 is 18.7 Å². The molecule has 2 unspecified atom stereocenters. The molecule has 0 aliphatic rings. The molecule has 2 amide bonds. The van der Waals surface area contributed by atoms with Gasteiger partial charge in [-0.15, -0.1) is 0 Å². The molecule has 0 spiro atoms. The molecule has 0 aromatic heterocycles. The van der Waals surface area contributed by atoms with Crippen molar-refractivity contribution in [1.29, 1.82) is 0 Å². The SMILES string of the molecule is CC(=O)NC(C(=O)NCc1ccc(OC(F)c2ccccc2)cc1)C(C)C. The van der Waals surface area contributed by atoms with Gasteiger partial charge in [0.05, 0.1) is 0 Å². The van der Waals surface area contributed by atoms with Gasteiger partial charge in [0.1, 0.15) is 11.8 Å². The molecule has 2 aromatic rings. The molecule has 0 heterocycles. The first-order valence-electron chi connectivity index (χ1n) is 8.86. The Balaban J connectivity index is 1.89. The van der Waals surface area contributed by atoms with Crippen LogP contribution in [0.2, 0.25) is 0 Å². The van der Waals surface area contributed by atoms with Gasteiger partial charge in [-0.1, -0.05) is 56.3 Å². The van der Waals surface area contributed by atoms with Gasteiger partial charge in [0.15, 0.2) is 0 Å². The molecule has 0 fully saturated rings. The van der Waals surface area contributed by atoms with Gasteiger partial charge in [-0.2, -0.15) is 4.39 Å². The number of carbonyl (C=O) groups excluding carboxylic acids is 2. The lowest BCUT2D eigenvalue weighted by atomic mass is 10.0. The third-order valence-corrected chi connectivity index (χ3v) is 4.00. The summed E-state index contributed by atoms with van der Waals surface area (Å²) >= 11 is 0. The minimum absolute atomic E-state index is 0.0239. The van der Waals surface area contributed by atoms with Crippen LogP contribution in [0.4, 0.5) is 4.39 Å². The average Bonchev–Trinajstić information content (AvgIpc) is 2.65. The molecule has 0 aliphatic carbocycles. The summed E-state index contributed by atoms with van der Waals surface area (Å²) < 4.78 is 19.4. The van der Waals surface area contributed by atoms with Crippen molar-refractivity contribution in [3.63, 3.8) is 0 Å². The zero-order valence-electron chi connectivity index (χ0n) is 15.7. The second-order valence-corrected chi connectivity index (χ2v) is 6.63. The summed E-state index contributed by atoms with van der Waals surface area (Å²) in [4.78, 5) is 23.5. The Labute approximate surface area is 158 Å². The molecule has 0 bridgehead atoms. The summed E-state index contributed by atoms with van der Waals surface area (Å²) in [5.74, 6) is -0.109. The van der Waals surface area contributed by atoms with E-state index >= 15 is 0 Å². The lowest BCUT2D eigenvalue weighted by molar-refractivity contribution is -0.129. The van der Waals surface area contributed by atoms with E-state index in [9.17, 15) is 14.0 Å². The van der Waals surface area contributed by atoms with Crippen LogP contribution in [0.25, 0.3) is 0 Å². The first-order chi connectivity index (χ1) is 12.9. The average molecular weight is 372 g/mol. The Kier molecular flexibility index (Phi) is 7.34. The summed E-state index contributed by atoms with van der Waals surface area (Å²) in [7, 11) is 0. The number of halogens is 1. The molecule has 6 heteroatoms. The molecule has 2 atom stereocenters. The van der Waals surface area contributed by atoms with E-state index in [0.717, 1.165) is 5.56 Å². The van der Waals surface area contributed by atoms with Crippen LogP contribution in [0, 0.1) is 5.92 Å². The van der Waals surface area contributed by atoms with Crippen LogP contribution < -0.4 is 15.4 Å². The normalized spacial score (nSPS) is 12.9. The first kappa shape index (κ1) is 20.4. The van der Waals surface area contributed by atoms with Gasteiger partial charge in [-0.05, 0) is 23.6 Å². The van der Waals surface area contributed by atoms with Crippen LogP contribution in [0.3, 0.4) is 0 Å². The van der Waals surface area contributed by atoms with Crippen LogP contribution in [0.15, 0.2) is 54.6 Å². The Morgan fingerprint density at radius 3 is 2.22 bits per heavy atom.